The first-order valence-corrected chi connectivity index (χ1v) is 10.2. The fraction of sp³-hybridized carbons (Fsp3) is 0.550. The molecule has 2 aromatic rings. The molecule has 4 heteroatoms. The average molecular weight is 434 g/mol. The standard InChI is InChI=1S/C20H23IN2O/c21-17-3-1-16(2-4-17)19-8-18(23-24-19)12-22-20-9-13-5-14(10-20)7-15(6-13)11-20/h1-4,8,13-15,22H,5-7,9-12H2. The molecule has 0 radical (unpaired) electrons. The Bertz CT molecular complexity index is 701. The molecule has 4 saturated carbocycles. The van der Waals surface area contributed by atoms with Crippen LogP contribution < -0.4 is 5.32 Å². The molecule has 0 spiro atoms. The van der Waals surface area contributed by atoms with E-state index in [0.717, 1.165) is 41.3 Å². The van der Waals surface area contributed by atoms with Crippen LogP contribution in [0.15, 0.2) is 34.9 Å². The van der Waals surface area contributed by atoms with E-state index in [9.17, 15) is 0 Å². The van der Waals surface area contributed by atoms with Crippen LogP contribution in [0.5, 0.6) is 0 Å². The van der Waals surface area contributed by atoms with Crippen LogP contribution in [0.3, 0.4) is 0 Å². The minimum atomic E-state index is 0.386. The highest BCUT2D eigenvalue weighted by Gasteiger charge is 2.50. The molecule has 0 saturated heterocycles. The lowest BCUT2D eigenvalue weighted by Crippen LogP contribution is -2.58. The number of rotatable bonds is 4. The molecule has 6 rings (SSSR count). The van der Waals surface area contributed by atoms with Crippen molar-refractivity contribution in [2.24, 2.45) is 17.8 Å². The van der Waals surface area contributed by atoms with Crippen molar-refractivity contribution in [3.05, 3.63) is 39.6 Å². The monoisotopic (exact) mass is 434 g/mol. The van der Waals surface area contributed by atoms with Gasteiger partial charge in [0, 0.05) is 27.3 Å². The largest absolute Gasteiger partial charge is 0.356 e. The van der Waals surface area contributed by atoms with Gasteiger partial charge in [-0.15, -0.1) is 0 Å². The van der Waals surface area contributed by atoms with Crippen molar-refractivity contribution in [1.29, 1.82) is 0 Å². The minimum absolute atomic E-state index is 0.386. The summed E-state index contributed by atoms with van der Waals surface area (Å²) < 4.78 is 6.81. The maximum atomic E-state index is 5.57. The minimum Gasteiger partial charge on any atom is -0.356 e. The molecule has 24 heavy (non-hydrogen) atoms. The Morgan fingerprint density at radius 2 is 1.67 bits per heavy atom. The number of hydrogen-bond acceptors (Lipinski definition) is 3. The van der Waals surface area contributed by atoms with Gasteiger partial charge in [0.15, 0.2) is 5.76 Å². The Kier molecular flexibility index (Phi) is 3.74. The van der Waals surface area contributed by atoms with Gasteiger partial charge in [0.2, 0.25) is 0 Å². The summed E-state index contributed by atoms with van der Waals surface area (Å²) >= 11 is 2.32. The summed E-state index contributed by atoms with van der Waals surface area (Å²) in [7, 11) is 0. The molecule has 4 aliphatic rings. The molecule has 4 bridgehead atoms. The molecule has 0 atom stereocenters. The van der Waals surface area contributed by atoms with Gasteiger partial charge in [0.25, 0.3) is 0 Å². The van der Waals surface area contributed by atoms with Crippen molar-refractivity contribution >= 4 is 22.6 Å². The topological polar surface area (TPSA) is 38.1 Å². The van der Waals surface area contributed by atoms with Gasteiger partial charge in [0.05, 0.1) is 5.69 Å². The predicted molar refractivity (Wildman–Crippen MR) is 102 cm³/mol. The average Bonchev–Trinajstić information content (AvgIpc) is 3.01. The summed E-state index contributed by atoms with van der Waals surface area (Å²) in [6, 6.07) is 10.5. The number of halogens is 1. The molecule has 4 aliphatic carbocycles. The smallest absolute Gasteiger partial charge is 0.167 e. The molecule has 1 heterocycles. The lowest BCUT2D eigenvalue weighted by Gasteiger charge is -2.57. The molecule has 126 valence electrons. The van der Waals surface area contributed by atoms with Crippen LogP contribution in [-0.4, -0.2) is 10.7 Å². The van der Waals surface area contributed by atoms with Gasteiger partial charge in [-0.2, -0.15) is 0 Å². The van der Waals surface area contributed by atoms with Gasteiger partial charge in [-0.05, 0) is 91.0 Å². The third-order valence-corrected chi connectivity index (χ3v) is 7.09. The number of aromatic nitrogens is 1. The second kappa shape index (κ2) is 5.84. The first-order valence-electron chi connectivity index (χ1n) is 9.14. The van der Waals surface area contributed by atoms with Gasteiger partial charge in [-0.3, -0.25) is 0 Å². The number of nitrogens with zero attached hydrogens (tertiary/aromatic N) is 1. The molecule has 3 nitrogen and oxygen atoms in total. The zero-order valence-corrected chi connectivity index (χ0v) is 16.0. The van der Waals surface area contributed by atoms with Crippen molar-refractivity contribution in [3.8, 4) is 11.3 Å². The number of hydrogen-bond donors (Lipinski definition) is 1. The summed E-state index contributed by atoms with van der Waals surface area (Å²) in [5.74, 6) is 3.80. The van der Waals surface area contributed by atoms with Crippen LogP contribution in [0.4, 0.5) is 0 Å². The molecule has 1 N–H and O–H groups in total. The van der Waals surface area contributed by atoms with Crippen molar-refractivity contribution in [2.75, 3.05) is 0 Å². The van der Waals surface area contributed by atoms with Crippen molar-refractivity contribution in [1.82, 2.24) is 10.5 Å². The summed E-state index contributed by atoms with van der Waals surface area (Å²) in [6.07, 6.45) is 8.59. The van der Waals surface area contributed by atoms with Crippen LogP contribution in [0, 0.1) is 21.3 Å². The first-order chi connectivity index (χ1) is 11.7. The molecule has 1 aromatic heterocycles. The van der Waals surface area contributed by atoms with E-state index in [4.69, 9.17) is 4.52 Å². The fourth-order valence-electron chi connectivity index (χ4n) is 5.75. The van der Waals surface area contributed by atoms with E-state index in [-0.39, 0.29) is 0 Å². The molecule has 0 unspecified atom stereocenters. The molecular formula is C20H23IN2O. The highest BCUT2D eigenvalue weighted by Crippen LogP contribution is 2.55. The van der Waals surface area contributed by atoms with Crippen molar-refractivity contribution in [3.63, 3.8) is 0 Å². The Balaban J connectivity index is 1.28. The number of nitrogens with one attached hydrogen (secondary N) is 1. The first kappa shape index (κ1) is 15.4. The van der Waals surface area contributed by atoms with E-state index in [1.165, 1.54) is 42.1 Å². The predicted octanol–water partition coefficient (Wildman–Crippen LogP) is 5.00. The van der Waals surface area contributed by atoms with Gasteiger partial charge in [-0.25, -0.2) is 0 Å². The van der Waals surface area contributed by atoms with E-state index < -0.39 is 0 Å². The van der Waals surface area contributed by atoms with Crippen molar-refractivity contribution in [2.45, 2.75) is 50.6 Å². The number of benzene rings is 1. The SMILES string of the molecule is Ic1ccc(-c2cc(CNC34CC5CC(CC(C5)C3)C4)no2)cc1. The molecule has 1 aromatic carbocycles. The fourth-order valence-corrected chi connectivity index (χ4v) is 6.11. The van der Waals surface area contributed by atoms with E-state index in [1.54, 1.807) is 0 Å². The Morgan fingerprint density at radius 3 is 2.29 bits per heavy atom. The van der Waals surface area contributed by atoms with E-state index >= 15 is 0 Å². The Hall–Kier alpha value is -0.880. The van der Waals surface area contributed by atoms with Crippen LogP contribution in [0.25, 0.3) is 11.3 Å². The highest BCUT2D eigenvalue weighted by molar-refractivity contribution is 14.1. The quantitative estimate of drug-likeness (QED) is 0.688. The Morgan fingerprint density at radius 1 is 1.04 bits per heavy atom. The van der Waals surface area contributed by atoms with Crippen molar-refractivity contribution < 1.29 is 4.52 Å². The van der Waals surface area contributed by atoms with Crippen LogP contribution in [-0.2, 0) is 6.54 Å². The third-order valence-electron chi connectivity index (χ3n) is 6.37. The molecule has 0 amide bonds. The highest BCUT2D eigenvalue weighted by atomic mass is 127. The normalized spacial score (nSPS) is 34.0. The second-order valence-corrected chi connectivity index (χ2v) is 9.49. The van der Waals surface area contributed by atoms with Gasteiger partial charge < -0.3 is 9.84 Å². The lowest BCUT2D eigenvalue weighted by molar-refractivity contribution is -0.0208. The van der Waals surface area contributed by atoms with Crippen LogP contribution in [0.1, 0.15) is 44.2 Å². The molecule has 0 aliphatic heterocycles. The molecule has 4 fully saturated rings. The van der Waals surface area contributed by atoms with E-state index in [1.807, 2.05) is 0 Å². The zero-order chi connectivity index (χ0) is 16.1. The van der Waals surface area contributed by atoms with E-state index in [0.29, 0.717) is 5.54 Å². The molecular weight excluding hydrogens is 411 g/mol. The maximum absolute atomic E-state index is 5.57. The third kappa shape index (κ3) is 2.81. The van der Waals surface area contributed by atoms with Gasteiger partial charge in [0.1, 0.15) is 0 Å². The lowest BCUT2D eigenvalue weighted by atomic mass is 9.53. The van der Waals surface area contributed by atoms with E-state index in [2.05, 4.69) is 63.4 Å². The summed E-state index contributed by atoms with van der Waals surface area (Å²) in [4.78, 5) is 0. The van der Waals surface area contributed by atoms with Crippen LogP contribution in [0.2, 0.25) is 0 Å². The zero-order valence-electron chi connectivity index (χ0n) is 13.8. The summed E-state index contributed by atoms with van der Waals surface area (Å²) in [6.45, 7) is 0.833. The van der Waals surface area contributed by atoms with Gasteiger partial charge in [-0.1, -0.05) is 17.3 Å². The second-order valence-electron chi connectivity index (χ2n) is 8.24. The Labute approximate surface area is 156 Å². The summed E-state index contributed by atoms with van der Waals surface area (Å²) in [5, 5.41) is 8.19. The maximum Gasteiger partial charge on any atom is 0.167 e. The summed E-state index contributed by atoms with van der Waals surface area (Å²) in [5.41, 5.74) is 2.51. The van der Waals surface area contributed by atoms with Gasteiger partial charge >= 0.3 is 0 Å². The van der Waals surface area contributed by atoms with Crippen LogP contribution >= 0.6 is 22.6 Å².